The van der Waals surface area contributed by atoms with Gasteiger partial charge in [0.15, 0.2) is 0 Å². The predicted octanol–water partition coefficient (Wildman–Crippen LogP) is 7.37. The molecule has 2 aliphatic rings. The highest BCUT2D eigenvalue weighted by Crippen LogP contribution is 2.40. The van der Waals surface area contributed by atoms with Crippen molar-refractivity contribution in [2.75, 3.05) is 14.2 Å². The first-order valence-electron chi connectivity index (χ1n) is 14.4. The summed E-state index contributed by atoms with van der Waals surface area (Å²) in [5.41, 5.74) is 10.8. The zero-order chi connectivity index (χ0) is 27.1. The van der Waals surface area contributed by atoms with Gasteiger partial charge in [0, 0.05) is 35.0 Å². The largest absolute Gasteiger partial charge is 0.497 e. The van der Waals surface area contributed by atoms with E-state index in [0.29, 0.717) is 12.5 Å². The van der Waals surface area contributed by atoms with Gasteiger partial charge in [0.05, 0.1) is 26.3 Å². The van der Waals surface area contributed by atoms with Gasteiger partial charge in [-0.1, -0.05) is 43.2 Å². The Hall–Kier alpha value is -4.19. The van der Waals surface area contributed by atoms with Crippen molar-refractivity contribution in [1.82, 2.24) is 19.7 Å². The molecule has 0 N–H and O–H groups in total. The van der Waals surface area contributed by atoms with Crippen LogP contribution in [0.4, 0.5) is 0 Å². The standard InChI is InChI=1S/C34H34N4O2/c1-39-26-16-13-22(14-17-26)21-38-30-19-31(40-2)33(28-12-6-10-23-9-5-11-27(23)28)36-34(30)32(37-38)25-15-18-29(35-20-25)24-7-3-4-8-24/h6,10,12-20,24H,3-5,7-9,11,21H2,1-2H3. The highest BCUT2D eigenvalue weighted by molar-refractivity contribution is 5.93. The summed E-state index contributed by atoms with van der Waals surface area (Å²) in [5, 5.41) is 5.13. The monoisotopic (exact) mass is 530 g/mol. The van der Waals surface area contributed by atoms with Crippen molar-refractivity contribution < 1.29 is 9.47 Å². The number of fused-ring (bicyclic) bond motifs is 2. The quantitative estimate of drug-likeness (QED) is 0.220. The van der Waals surface area contributed by atoms with Gasteiger partial charge < -0.3 is 9.47 Å². The van der Waals surface area contributed by atoms with Crippen LogP contribution in [0.3, 0.4) is 0 Å². The lowest BCUT2D eigenvalue weighted by molar-refractivity contribution is 0.414. The molecule has 0 radical (unpaired) electrons. The molecule has 0 aliphatic heterocycles. The second kappa shape index (κ2) is 10.4. The number of pyridine rings is 2. The first-order valence-corrected chi connectivity index (χ1v) is 14.4. The maximum absolute atomic E-state index is 5.96. The van der Waals surface area contributed by atoms with Crippen molar-refractivity contribution in [3.8, 4) is 34.0 Å². The molecule has 7 rings (SSSR count). The molecule has 6 heteroatoms. The zero-order valence-electron chi connectivity index (χ0n) is 23.2. The van der Waals surface area contributed by atoms with E-state index in [4.69, 9.17) is 24.5 Å². The maximum atomic E-state index is 5.96. The van der Waals surface area contributed by atoms with Crippen LogP contribution in [0.5, 0.6) is 11.5 Å². The van der Waals surface area contributed by atoms with Crippen molar-refractivity contribution in [2.45, 2.75) is 57.4 Å². The molecule has 0 atom stereocenters. The van der Waals surface area contributed by atoms with Crippen molar-refractivity contribution in [1.29, 1.82) is 0 Å². The third-order valence-electron chi connectivity index (χ3n) is 8.64. The Kier molecular flexibility index (Phi) is 6.46. The van der Waals surface area contributed by atoms with Crippen molar-refractivity contribution >= 4 is 11.0 Å². The summed E-state index contributed by atoms with van der Waals surface area (Å²) in [6.07, 6.45) is 10.4. The first-order chi connectivity index (χ1) is 19.7. The molecule has 0 saturated heterocycles. The molecule has 3 heterocycles. The number of ether oxygens (including phenoxy) is 2. The predicted molar refractivity (Wildman–Crippen MR) is 158 cm³/mol. The SMILES string of the molecule is COc1ccc(Cn2nc(-c3ccc(C4CCCC4)nc3)c3nc(-c4cccc5c4CCC5)c(OC)cc32)cc1. The number of hydrogen-bond donors (Lipinski definition) is 0. The minimum atomic E-state index is 0.576. The number of rotatable bonds is 7. The van der Waals surface area contributed by atoms with E-state index in [-0.39, 0.29) is 0 Å². The van der Waals surface area contributed by atoms with Gasteiger partial charge in [0.2, 0.25) is 0 Å². The van der Waals surface area contributed by atoms with Gasteiger partial charge in [0.1, 0.15) is 28.4 Å². The van der Waals surface area contributed by atoms with Crippen LogP contribution < -0.4 is 9.47 Å². The van der Waals surface area contributed by atoms with Gasteiger partial charge in [-0.15, -0.1) is 0 Å². The lowest BCUT2D eigenvalue weighted by atomic mass is 9.99. The fraction of sp³-hybridized carbons (Fsp3) is 0.324. The Morgan fingerprint density at radius 2 is 1.73 bits per heavy atom. The molecule has 1 fully saturated rings. The number of methoxy groups -OCH3 is 2. The van der Waals surface area contributed by atoms with Gasteiger partial charge in [-0.3, -0.25) is 9.67 Å². The molecule has 3 aromatic heterocycles. The van der Waals surface area contributed by atoms with Crippen LogP contribution in [0.1, 0.15) is 60.4 Å². The Morgan fingerprint density at radius 1 is 0.875 bits per heavy atom. The molecule has 2 aliphatic carbocycles. The van der Waals surface area contributed by atoms with Crippen LogP contribution in [-0.2, 0) is 19.4 Å². The summed E-state index contributed by atoms with van der Waals surface area (Å²) >= 11 is 0. The molecule has 0 spiro atoms. The van der Waals surface area contributed by atoms with Crippen LogP contribution in [0.15, 0.2) is 66.9 Å². The van der Waals surface area contributed by atoms with E-state index >= 15 is 0 Å². The van der Waals surface area contributed by atoms with E-state index in [1.807, 2.05) is 23.0 Å². The Balaban J connectivity index is 1.38. The molecular formula is C34H34N4O2. The Bertz CT molecular complexity index is 1670. The van der Waals surface area contributed by atoms with Gasteiger partial charge in [-0.25, -0.2) is 4.98 Å². The second-order valence-electron chi connectivity index (χ2n) is 11.0. The summed E-state index contributed by atoms with van der Waals surface area (Å²) in [6.45, 7) is 0.610. The summed E-state index contributed by atoms with van der Waals surface area (Å²) in [6, 6.07) is 21.2. The average molecular weight is 531 g/mol. The fourth-order valence-corrected chi connectivity index (χ4v) is 6.50. The Morgan fingerprint density at radius 3 is 2.48 bits per heavy atom. The summed E-state index contributed by atoms with van der Waals surface area (Å²) in [5.74, 6) is 2.18. The topological polar surface area (TPSA) is 62.1 Å². The smallest absolute Gasteiger partial charge is 0.147 e. The lowest BCUT2D eigenvalue weighted by Crippen LogP contribution is -2.03. The van der Waals surface area contributed by atoms with Gasteiger partial charge in [0.25, 0.3) is 0 Å². The molecule has 1 saturated carbocycles. The van der Waals surface area contributed by atoms with Crippen molar-refractivity contribution in [3.05, 3.63) is 89.2 Å². The minimum absolute atomic E-state index is 0.576. The van der Waals surface area contributed by atoms with Crippen LogP contribution in [-0.4, -0.2) is 34.0 Å². The number of aromatic nitrogens is 4. The number of hydrogen-bond acceptors (Lipinski definition) is 5. The van der Waals surface area contributed by atoms with Crippen LogP contribution in [0, 0.1) is 0 Å². The molecule has 6 nitrogen and oxygen atoms in total. The van der Waals surface area contributed by atoms with E-state index in [1.165, 1.54) is 48.9 Å². The van der Waals surface area contributed by atoms with E-state index < -0.39 is 0 Å². The number of aryl methyl sites for hydroxylation is 1. The highest BCUT2D eigenvalue weighted by atomic mass is 16.5. The van der Waals surface area contributed by atoms with E-state index in [0.717, 1.165) is 63.5 Å². The van der Waals surface area contributed by atoms with Crippen LogP contribution in [0.25, 0.3) is 33.5 Å². The summed E-state index contributed by atoms with van der Waals surface area (Å²) in [7, 11) is 3.41. The third kappa shape index (κ3) is 4.41. The molecule has 40 heavy (non-hydrogen) atoms. The number of nitrogens with zero attached hydrogens (tertiary/aromatic N) is 4. The molecule has 5 aromatic rings. The first kappa shape index (κ1) is 24.8. The van der Waals surface area contributed by atoms with E-state index in [1.54, 1.807) is 14.2 Å². The van der Waals surface area contributed by atoms with E-state index in [2.05, 4.69) is 48.5 Å². The lowest BCUT2D eigenvalue weighted by Gasteiger charge is -2.13. The molecular weight excluding hydrogens is 496 g/mol. The van der Waals surface area contributed by atoms with Crippen molar-refractivity contribution in [2.24, 2.45) is 0 Å². The highest BCUT2D eigenvalue weighted by Gasteiger charge is 2.24. The zero-order valence-corrected chi connectivity index (χ0v) is 23.2. The van der Waals surface area contributed by atoms with Gasteiger partial charge in [-0.2, -0.15) is 5.10 Å². The molecule has 202 valence electrons. The third-order valence-corrected chi connectivity index (χ3v) is 8.64. The van der Waals surface area contributed by atoms with Crippen LogP contribution in [0.2, 0.25) is 0 Å². The molecule has 2 aromatic carbocycles. The second-order valence-corrected chi connectivity index (χ2v) is 11.0. The van der Waals surface area contributed by atoms with Gasteiger partial charge >= 0.3 is 0 Å². The minimum Gasteiger partial charge on any atom is -0.497 e. The number of benzene rings is 2. The molecule has 0 unspecified atom stereocenters. The maximum Gasteiger partial charge on any atom is 0.147 e. The van der Waals surface area contributed by atoms with Crippen molar-refractivity contribution in [3.63, 3.8) is 0 Å². The normalized spacial score (nSPS) is 15.1. The Labute approximate surface area is 235 Å². The van der Waals surface area contributed by atoms with E-state index in [9.17, 15) is 0 Å². The van der Waals surface area contributed by atoms with Crippen LogP contribution >= 0.6 is 0 Å². The fourth-order valence-electron chi connectivity index (χ4n) is 6.50. The molecule has 0 bridgehead atoms. The molecule has 0 amide bonds. The van der Waals surface area contributed by atoms with Gasteiger partial charge in [-0.05, 0) is 73.1 Å². The summed E-state index contributed by atoms with van der Waals surface area (Å²) in [4.78, 5) is 10.2. The summed E-state index contributed by atoms with van der Waals surface area (Å²) < 4.78 is 13.4. The average Bonchev–Trinajstić information content (AvgIpc) is 3.78.